The van der Waals surface area contributed by atoms with Gasteiger partial charge in [-0.15, -0.1) is 0 Å². The number of nitrogens with zero attached hydrogens (tertiary/aromatic N) is 1. The van der Waals surface area contributed by atoms with Gasteiger partial charge >= 0.3 is 0 Å². The van der Waals surface area contributed by atoms with E-state index in [0.29, 0.717) is 37.1 Å². The van der Waals surface area contributed by atoms with Gasteiger partial charge in [-0.3, -0.25) is 4.79 Å². The van der Waals surface area contributed by atoms with Crippen molar-refractivity contribution in [2.24, 2.45) is 5.10 Å². The van der Waals surface area contributed by atoms with Crippen molar-refractivity contribution in [3.63, 3.8) is 0 Å². The minimum atomic E-state index is -0.226. The molecule has 4 rings (SSSR count). The van der Waals surface area contributed by atoms with E-state index < -0.39 is 0 Å². The van der Waals surface area contributed by atoms with E-state index in [1.54, 1.807) is 6.21 Å². The Kier molecular flexibility index (Phi) is 8.06. The smallest absolute Gasteiger partial charge is 0.244 e. The predicted octanol–water partition coefficient (Wildman–Crippen LogP) is 6.02. The fourth-order valence-electron chi connectivity index (χ4n) is 3.13. The number of carbonyl (C=O) groups excluding carboxylic acids is 1. The number of hydrogen-bond acceptors (Lipinski definition) is 5. The Morgan fingerprint density at radius 3 is 2.33 bits per heavy atom. The summed E-state index contributed by atoms with van der Waals surface area (Å²) in [6.45, 7) is 1.48. The van der Waals surface area contributed by atoms with E-state index >= 15 is 0 Å². The van der Waals surface area contributed by atoms with Crippen LogP contribution >= 0.6 is 47.8 Å². The molecule has 0 saturated heterocycles. The molecule has 0 aromatic heterocycles. The first-order valence-corrected chi connectivity index (χ1v) is 12.4. The van der Waals surface area contributed by atoms with E-state index in [-0.39, 0.29) is 12.3 Å². The fourth-order valence-corrected chi connectivity index (χ4v) is 4.84. The first-order valence-electron chi connectivity index (χ1n) is 10.0. The van der Waals surface area contributed by atoms with Crippen LogP contribution in [0.5, 0.6) is 17.2 Å². The first-order chi connectivity index (χ1) is 16.0. The summed E-state index contributed by atoms with van der Waals surface area (Å²) in [7, 11) is 0. The Balaban J connectivity index is 1.33. The van der Waals surface area contributed by atoms with Gasteiger partial charge in [-0.05, 0) is 84.9 Å². The molecule has 0 fully saturated rings. The van der Waals surface area contributed by atoms with Crippen LogP contribution in [0.15, 0.2) is 73.1 Å². The van der Waals surface area contributed by atoms with Crippen LogP contribution in [-0.4, -0.2) is 25.3 Å². The highest BCUT2D eigenvalue weighted by Gasteiger charge is 2.13. The maximum Gasteiger partial charge on any atom is 0.244 e. The molecule has 0 bridgehead atoms. The zero-order valence-electron chi connectivity index (χ0n) is 17.3. The number of hydrazone groups is 1. The average Bonchev–Trinajstić information content (AvgIpc) is 2.79. The molecule has 0 spiro atoms. The molecule has 1 N–H and O–H groups in total. The molecular weight excluding hydrogens is 620 g/mol. The summed E-state index contributed by atoms with van der Waals surface area (Å²) in [4.78, 5) is 12.3. The average molecular weight is 639 g/mol. The Bertz CT molecular complexity index is 1160. The van der Waals surface area contributed by atoms with Crippen LogP contribution in [0.4, 0.5) is 0 Å². The van der Waals surface area contributed by atoms with Gasteiger partial charge in [-0.25, -0.2) is 5.43 Å². The lowest BCUT2D eigenvalue weighted by Crippen LogP contribution is -2.20. The largest absolute Gasteiger partial charge is 0.487 e. The van der Waals surface area contributed by atoms with Crippen molar-refractivity contribution in [1.82, 2.24) is 5.43 Å². The number of amides is 1. The molecule has 3 aromatic rings. The quantitative estimate of drug-likeness (QED) is 0.254. The Morgan fingerprint density at radius 1 is 0.939 bits per heavy atom. The van der Waals surface area contributed by atoms with Crippen LogP contribution < -0.4 is 19.6 Å². The van der Waals surface area contributed by atoms with Crippen molar-refractivity contribution in [3.05, 3.63) is 84.7 Å². The topological polar surface area (TPSA) is 69.2 Å². The lowest BCUT2D eigenvalue weighted by Gasteiger charge is -2.18. The molecule has 1 aliphatic rings. The van der Waals surface area contributed by atoms with Gasteiger partial charge in [0.05, 0.1) is 21.6 Å². The first kappa shape index (κ1) is 23.8. The number of hydrogen-bond donors (Lipinski definition) is 1. The predicted molar refractivity (Wildman–Crippen MR) is 137 cm³/mol. The molecule has 0 aliphatic carbocycles. The molecule has 0 atom stereocenters. The van der Waals surface area contributed by atoms with Gasteiger partial charge in [-0.1, -0.05) is 34.1 Å². The molecule has 0 radical (unpaired) electrons. The van der Waals surface area contributed by atoms with Gasteiger partial charge in [0, 0.05) is 4.47 Å². The van der Waals surface area contributed by atoms with Gasteiger partial charge in [0.25, 0.3) is 0 Å². The summed E-state index contributed by atoms with van der Waals surface area (Å²) in [5, 5.41) is 4.07. The van der Waals surface area contributed by atoms with Gasteiger partial charge in [0.2, 0.25) is 5.91 Å². The third-order valence-corrected chi connectivity index (χ3v) is 6.40. The molecule has 0 saturated carbocycles. The van der Waals surface area contributed by atoms with Gasteiger partial charge in [0.15, 0.2) is 11.5 Å². The maximum absolute atomic E-state index is 12.3. The molecule has 0 unspecified atom stereocenters. The second kappa shape index (κ2) is 11.2. The second-order valence-corrected chi connectivity index (χ2v) is 9.80. The number of carbonyl (C=O) groups is 1. The SMILES string of the molecule is O=C(Cc1ccc2c(c1)OCCO2)N/N=C/c1cc(Br)c(OCc2ccc(Br)cc2)c(Br)c1. The van der Waals surface area contributed by atoms with Crippen LogP contribution in [0, 0.1) is 0 Å². The lowest BCUT2D eigenvalue weighted by atomic mass is 10.1. The maximum atomic E-state index is 12.3. The van der Waals surface area contributed by atoms with Crippen molar-refractivity contribution in [2.45, 2.75) is 13.0 Å². The molecule has 170 valence electrons. The minimum Gasteiger partial charge on any atom is -0.487 e. The number of ether oxygens (including phenoxy) is 3. The van der Waals surface area contributed by atoms with E-state index in [4.69, 9.17) is 14.2 Å². The van der Waals surface area contributed by atoms with E-state index in [0.717, 1.165) is 30.1 Å². The molecule has 33 heavy (non-hydrogen) atoms. The highest BCUT2D eigenvalue weighted by molar-refractivity contribution is 9.11. The highest BCUT2D eigenvalue weighted by atomic mass is 79.9. The normalized spacial score (nSPS) is 12.6. The summed E-state index contributed by atoms with van der Waals surface area (Å²) in [6.07, 6.45) is 1.76. The highest BCUT2D eigenvalue weighted by Crippen LogP contribution is 2.35. The number of fused-ring (bicyclic) bond motifs is 1. The fraction of sp³-hybridized carbons (Fsp3) is 0.167. The van der Waals surface area contributed by atoms with E-state index in [2.05, 4.69) is 58.3 Å². The number of rotatable bonds is 7. The van der Waals surface area contributed by atoms with Crippen LogP contribution in [0.1, 0.15) is 16.7 Å². The van der Waals surface area contributed by atoms with Crippen LogP contribution in [-0.2, 0) is 17.8 Å². The lowest BCUT2D eigenvalue weighted by molar-refractivity contribution is -0.120. The third kappa shape index (κ3) is 6.59. The monoisotopic (exact) mass is 636 g/mol. The van der Waals surface area contributed by atoms with E-state index in [1.165, 1.54) is 0 Å². The summed E-state index contributed by atoms with van der Waals surface area (Å²) in [5.41, 5.74) is 5.24. The van der Waals surface area contributed by atoms with Crippen molar-refractivity contribution < 1.29 is 19.0 Å². The number of benzene rings is 3. The van der Waals surface area contributed by atoms with Crippen LogP contribution in [0.3, 0.4) is 0 Å². The number of nitrogens with one attached hydrogen (secondary N) is 1. The molecule has 1 aliphatic heterocycles. The molecule has 1 heterocycles. The van der Waals surface area contributed by atoms with Crippen LogP contribution in [0.25, 0.3) is 0 Å². The van der Waals surface area contributed by atoms with Crippen molar-refractivity contribution in [2.75, 3.05) is 13.2 Å². The molecule has 6 nitrogen and oxygen atoms in total. The molecule has 1 amide bonds. The molecule has 3 aromatic carbocycles. The zero-order valence-corrected chi connectivity index (χ0v) is 22.1. The Hall–Kier alpha value is -2.36. The summed E-state index contributed by atoms with van der Waals surface area (Å²) in [5.74, 6) is 1.82. The Morgan fingerprint density at radius 2 is 1.61 bits per heavy atom. The molecule has 9 heteroatoms. The number of halogens is 3. The van der Waals surface area contributed by atoms with Gasteiger partial charge in [0.1, 0.15) is 25.6 Å². The third-order valence-electron chi connectivity index (χ3n) is 4.69. The minimum absolute atomic E-state index is 0.185. The van der Waals surface area contributed by atoms with Gasteiger partial charge < -0.3 is 14.2 Å². The second-order valence-electron chi connectivity index (χ2n) is 7.18. The Labute approximate surface area is 216 Å². The van der Waals surface area contributed by atoms with Gasteiger partial charge in [-0.2, -0.15) is 5.10 Å². The zero-order chi connectivity index (χ0) is 23.2. The summed E-state index contributed by atoms with van der Waals surface area (Å²) < 4.78 is 19.6. The molecular formula is C24H19Br3N2O4. The van der Waals surface area contributed by atoms with Crippen molar-refractivity contribution in [1.29, 1.82) is 0 Å². The standard InChI is InChI=1S/C24H19Br3N2O4/c25-18-4-1-15(2-5-18)14-33-24-19(26)9-17(10-20(24)27)13-28-29-23(30)12-16-3-6-21-22(11-16)32-8-7-31-21/h1-6,9-11,13H,7-8,12,14H2,(H,29,30)/b28-13+. The van der Waals surface area contributed by atoms with E-state index in [1.807, 2.05) is 54.6 Å². The van der Waals surface area contributed by atoms with Crippen LogP contribution in [0.2, 0.25) is 0 Å². The van der Waals surface area contributed by atoms with Crippen molar-refractivity contribution >= 4 is 59.9 Å². The van der Waals surface area contributed by atoms with E-state index in [9.17, 15) is 4.79 Å². The summed E-state index contributed by atoms with van der Waals surface area (Å²) >= 11 is 10.5. The van der Waals surface area contributed by atoms with Crippen molar-refractivity contribution in [3.8, 4) is 17.2 Å². The summed E-state index contributed by atoms with van der Waals surface area (Å²) in [6, 6.07) is 17.2.